The molecule has 142 valence electrons. The molecule has 0 bridgehead atoms. The monoisotopic (exact) mass is 408 g/mol. The SMILES string of the molecule is CC1=C(C(=O)O)N2C(=O)/C(=C/c3ccc(Cl)cc3)[C@H]2S(=O)(=O)/C1=C\N(C)C. The maximum Gasteiger partial charge on any atom is 0.352 e. The van der Waals surface area contributed by atoms with Crippen molar-refractivity contribution in [1.82, 2.24) is 9.80 Å². The predicted octanol–water partition coefficient (Wildman–Crippen LogP) is 2.08. The first kappa shape index (κ1) is 19.2. The molecule has 0 spiro atoms. The second-order valence-electron chi connectivity index (χ2n) is 6.46. The van der Waals surface area contributed by atoms with Gasteiger partial charge in [0.05, 0.1) is 10.5 Å². The van der Waals surface area contributed by atoms with Crippen LogP contribution in [-0.4, -0.2) is 54.7 Å². The summed E-state index contributed by atoms with van der Waals surface area (Å²) in [5, 5.41) is 8.70. The van der Waals surface area contributed by atoms with Gasteiger partial charge < -0.3 is 10.0 Å². The van der Waals surface area contributed by atoms with Gasteiger partial charge in [0.1, 0.15) is 5.70 Å². The van der Waals surface area contributed by atoms with Crippen molar-refractivity contribution >= 4 is 39.4 Å². The highest BCUT2D eigenvalue weighted by Crippen LogP contribution is 2.45. The number of β-lactam (4-membered cyclic amide) rings is 1. The Hall–Kier alpha value is -2.58. The molecule has 2 aliphatic rings. The number of carboxylic acids is 1. The Morgan fingerprint density at radius 3 is 2.37 bits per heavy atom. The van der Waals surface area contributed by atoms with Crippen LogP contribution in [0, 0.1) is 0 Å². The molecule has 3 rings (SSSR count). The third-order valence-electron chi connectivity index (χ3n) is 4.30. The van der Waals surface area contributed by atoms with Crippen LogP contribution in [0.3, 0.4) is 0 Å². The first-order chi connectivity index (χ1) is 12.6. The van der Waals surface area contributed by atoms with E-state index in [2.05, 4.69) is 0 Å². The summed E-state index contributed by atoms with van der Waals surface area (Å²) < 4.78 is 26.2. The van der Waals surface area contributed by atoms with E-state index in [1.54, 1.807) is 38.4 Å². The zero-order valence-corrected chi connectivity index (χ0v) is 16.4. The highest BCUT2D eigenvalue weighted by Gasteiger charge is 2.57. The van der Waals surface area contributed by atoms with Crippen LogP contribution in [0.4, 0.5) is 0 Å². The van der Waals surface area contributed by atoms with Crippen LogP contribution in [-0.2, 0) is 19.4 Å². The second kappa shape index (κ2) is 6.54. The van der Waals surface area contributed by atoms with Crippen molar-refractivity contribution in [3.63, 3.8) is 0 Å². The molecular formula is C18H17ClN2O5S. The Morgan fingerprint density at radius 1 is 1.26 bits per heavy atom. The Kier molecular flexibility index (Phi) is 4.65. The average Bonchev–Trinajstić information content (AvgIpc) is 2.57. The fourth-order valence-corrected chi connectivity index (χ4v) is 5.35. The molecule has 1 amide bonds. The molecule has 0 aliphatic carbocycles. The minimum atomic E-state index is -3.98. The Bertz CT molecular complexity index is 1040. The lowest BCUT2D eigenvalue weighted by Crippen LogP contribution is -2.61. The van der Waals surface area contributed by atoms with Gasteiger partial charge in [0.15, 0.2) is 5.37 Å². The number of aliphatic carboxylic acids is 1. The molecule has 1 N–H and O–H groups in total. The molecule has 0 aromatic heterocycles. The maximum atomic E-state index is 13.1. The van der Waals surface area contributed by atoms with E-state index >= 15 is 0 Å². The lowest BCUT2D eigenvalue weighted by molar-refractivity contribution is -0.141. The van der Waals surface area contributed by atoms with E-state index in [1.165, 1.54) is 24.1 Å². The van der Waals surface area contributed by atoms with E-state index in [0.29, 0.717) is 10.6 Å². The molecule has 1 aromatic rings. The summed E-state index contributed by atoms with van der Waals surface area (Å²) in [7, 11) is -0.701. The van der Waals surface area contributed by atoms with Crippen molar-refractivity contribution in [3.05, 3.63) is 62.8 Å². The molecular weight excluding hydrogens is 392 g/mol. The molecule has 0 unspecified atom stereocenters. The summed E-state index contributed by atoms with van der Waals surface area (Å²) in [5.74, 6) is -1.99. The van der Waals surface area contributed by atoms with Gasteiger partial charge in [-0.2, -0.15) is 0 Å². The lowest BCUT2D eigenvalue weighted by Gasteiger charge is -2.45. The number of allylic oxidation sites excluding steroid dienone is 1. The smallest absolute Gasteiger partial charge is 0.352 e. The largest absolute Gasteiger partial charge is 0.477 e. The zero-order valence-electron chi connectivity index (χ0n) is 14.8. The fourth-order valence-electron chi connectivity index (χ4n) is 3.12. The van der Waals surface area contributed by atoms with Crippen molar-refractivity contribution in [1.29, 1.82) is 0 Å². The van der Waals surface area contributed by atoms with Crippen molar-refractivity contribution < 1.29 is 23.1 Å². The van der Waals surface area contributed by atoms with Gasteiger partial charge in [-0.1, -0.05) is 23.7 Å². The number of amides is 1. The van der Waals surface area contributed by atoms with Crippen molar-refractivity contribution in [2.75, 3.05) is 14.1 Å². The van der Waals surface area contributed by atoms with Gasteiger partial charge in [0, 0.05) is 30.9 Å². The van der Waals surface area contributed by atoms with Crippen LogP contribution >= 0.6 is 11.6 Å². The van der Waals surface area contributed by atoms with Gasteiger partial charge >= 0.3 is 5.97 Å². The Balaban J connectivity index is 2.19. The minimum Gasteiger partial charge on any atom is -0.477 e. The van der Waals surface area contributed by atoms with Gasteiger partial charge in [0.25, 0.3) is 5.91 Å². The van der Waals surface area contributed by atoms with Gasteiger partial charge in [-0.3, -0.25) is 9.69 Å². The van der Waals surface area contributed by atoms with E-state index in [4.69, 9.17) is 11.6 Å². The molecule has 0 radical (unpaired) electrons. The van der Waals surface area contributed by atoms with Crippen molar-refractivity contribution in [2.24, 2.45) is 0 Å². The number of sulfone groups is 1. The quantitative estimate of drug-likeness (QED) is 0.607. The fraction of sp³-hybridized carbons (Fsp3) is 0.222. The van der Waals surface area contributed by atoms with Crippen LogP contribution in [0.2, 0.25) is 5.02 Å². The molecule has 1 fully saturated rings. The minimum absolute atomic E-state index is 0.0215. The standard InChI is InChI=1S/C18H17ClN2O5S/c1-10-14(9-20(2)3)27(25,26)17-13(8-11-4-6-12(19)7-5-11)16(22)21(17)15(10)18(23)24/h4-9,17H,1-3H3,(H,23,24)/b13-8-,14-9-/t17-/m1/s1. The Labute approximate surface area is 161 Å². The highest BCUT2D eigenvalue weighted by molar-refractivity contribution is 7.96. The topological polar surface area (TPSA) is 95.0 Å². The number of nitrogens with zero attached hydrogens (tertiary/aromatic N) is 2. The number of hydrogen-bond donors (Lipinski definition) is 1. The number of carboxylic acid groups (broad SMARTS) is 1. The van der Waals surface area contributed by atoms with Crippen LogP contribution in [0.1, 0.15) is 12.5 Å². The molecule has 0 saturated carbocycles. The molecule has 1 aromatic carbocycles. The zero-order chi connectivity index (χ0) is 20.1. The van der Waals surface area contributed by atoms with E-state index in [0.717, 1.165) is 4.90 Å². The van der Waals surface area contributed by atoms with Crippen LogP contribution in [0.5, 0.6) is 0 Å². The number of halogens is 1. The number of benzene rings is 1. The molecule has 27 heavy (non-hydrogen) atoms. The molecule has 2 heterocycles. The lowest BCUT2D eigenvalue weighted by atomic mass is 9.99. The molecule has 9 heteroatoms. The van der Waals surface area contributed by atoms with Crippen LogP contribution < -0.4 is 0 Å². The predicted molar refractivity (Wildman–Crippen MR) is 101 cm³/mol. The summed E-state index contributed by atoms with van der Waals surface area (Å²) in [6, 6.07) is 6.54. The molecule has 1 atom stereocenters. The third kappa shape index (κ3) is 3.04. The van der Waals surface area contributed by atoms with Gasteiger partial charge in [-0.25, -0.2) is 13.2 Å². The maximum absolute atomic E-state index is 13.1. The van der Waals surface area contributed by atoms with Gasteiger partial charge in [-0.15, -0.1) is 0 Å². The van der Waals surface area contributed by atoms with Crippen LogP contribution in [0.15, 0.2) is 52.2 Å². The molecule has 1 saturated heterocycles. The van der Waals surface area contributed by atoms with E-state index < -0.39 is 27.1 Å². The number of carbonyl (C=O) groups excluding carboxylic acids is 1. The Morgan fingerprint density at radius 2 is 1.85 bits per heavy atom. The number of fused-ring (bicyclic) bond motifs is 1. The van der Waals surface area contributed by atoms with Gasteiger partial charge in [-0.05, 0) is 30.7 Å². The average molecular weight is 409 g/mol. The van der Waals surface area contributed by atoms with E-state index in [-0.39, 0.29) is 21.7 Å². The number of hydrogen-bond acceptors (Lipinski definition) is 5. The van der Waals surface area contributed by atoms with E-state index in [9.17, 15) is 23.1 Å². The van der Waals surface area contributed by atoms with Crippen molar-refractivity contribution in [2.45, 2.75) is 12.3 Å². The van der Waals surface area contributed by atoms with Crippen LogP contribution in [0.25, 0.3) is 6.08 Å². The molecule has 2 aliphatic heterocycles. The summed E-state index contributed by atoms with van der Waals surface area (Å²) in [6.07, 6.45) is 2.80. The normalized spacial score (nSPS) is 24.1. The van der Waals surface area contributed by atoms with Gasteiger partial charge in [0.2, 0.25) is 9.84 Å². The van der Waals surface area contributed by atoms with E-state index in [1.807, 2.05) is 0 Å². The number of carbonyl (C=O) groups is 2. The highest BCUT2D eigenvalue weighted by atomic mass is 35.5. The summed E-state index contributed by atoms with van der Waals surface area (Å²) in [4.78, 5) is 26.6. The first-order valence-electron chi connectivity index (χ1n) is 7.93. The van der Waals surface area contributed by atoms with Crippen molar-refractivity contribution in [3.8, 4) is 0 Å². The second-order valence-corrected chi connectivity index (χ2v) is 8.87. The summed E-state index contributed by atoms with van der Waals surface area (Å²) in [5.41, 5.74) is 0.333. The number of rotatable bonds is 3. The first-order valence-corrected chi connectivity index (χ1v) is 9.85. The summed E-state index contributed by atoms with van der Waals surface area (Å²) in [6.45, 7) is 1.39. The third-order valence-corrected chi connectivity index (χ3v) is 6.63. The molecule has 7 nitrogen and oxygen atoms in total. The summed E-state index contributed by atoms with van der Waals surface area (Å²) >= 11 is 5.84.